The molecule has 1 N–H and O–H groups in total. The van der Waals surface area contributed by atoms with Gasteiger partial charge in [0, 0.05) is 29.7 Å². The van der Waals surface area contributed by atoms with Gasteiger partial charge in [0.05, 0.1) is 12.1 Å². The predicted molar refractivity (Wildman–Crippen MR) is 83.7 cm³/mol. The lowest BCUT2D eigenvalue weighted by atomic mass is 10.0. The number of nitrogens with one attached hydrogen (secondary N) is 1. The van der Waals surface area contributed by atoms with E-state index in [9.17, 15) is 0 Å². The van der Waals surface area contributed by atoms with Crippen molar-refractivity contribution >= 4 is 16.6 Å². The number of nitrogens with zero attached hydrogens (tertiary/aromatic N) is 1. The summed E-state index contributed by atoms with van der Waals surface area (Å²) in [6.07, 6.45) is 5.22. The normalized spacial score (nSPS) is 15.7. The number of anilines is 1. The van der Waals surface area contributed by atoms with Crippen LogP contribution >= 0.6 is 0 Å². The van der Waals surface area contributed by atoms with Crippen LogP contribution < -0.4 is 10.1 Å². The van der Waals surface area contributed by atoms with E-state index >= 15 is 0 Å². The van der Waals surface area contributed by atoms with E-state index in [1.165, 1.54) is 31.4 Å². The van der Waals surface area contributed by atoms with Gasteiger partial charge in [-0.05, 0) is 44.0 Å². The van der Waals surface area contributed by atoms with Crippen LogP contribution in [-0.4, -0.2) is 18.6 Å². The Labute approximate surface area is 120 Å². The van der Waals surface area contributed by atoms with Crippen LogP contribution in [-0.2, 0) is 0 Å². The summed E-state index contributed by atoms with van der Waals surface area (Å²) in [6, 6.07) is 8.38. The van der Waals surface area contributed by atoms with Gasteiger partial charge in [-0.2, -0.15) is 0 Å². The first-order valence-corrected chi connectivity index (χ1v) is 7.57. The van der Waals surface area contributed by atoms with Crippen molar-refractivity contribution in [2.24, 2.45) is 0 Å². The highest BCUT2D eigenvalue weighted by Crippen LogP contribution is 2.36. The standard InChI is InChI=1S/C17H22N2O/c1-3-20-13-8-9-15-14(10-13)17(18-2)11-16(19-15)12-6-4-5-7-12/h8-12H,3-7H2,1-2H3,(H,18,19). The second kappa shape index (κ2) is 5.70. The summed E-state index contributed by atoms with van der Waals surface area (Å²) in [7, 11) is 1.97. The van der Waals surface area contributed by atoms with Crippen molar-refractivity contribution in [1.82, 2.24) is 4.98 Å². The zero-order valence-corrected chi connectivity index (χ0v) is 12.3. The minimum atomic E-state index is 0.637. The molecule has 3 nitrogen and oxygen atoms in total. The van der Waals surface area contributed by atoms with Gasteiger partial charge in [-0.15, -0.1) is 0 Å². The number of benzene rings is 1. The lowest BCUT2D eigenvalue weighted by Crippen LogP contribution is -2.01. The molecule has 106 valence electrons. The molecule has 20 heavy (non-hydrogen) atoms. The van der Waals surface area contributed by atoms with Crippen LogP contribution in [0.4, 0.5) is 5.69 Å². The third-order valence-electron chi connectivity index (χ3n) is 4.15. The van der Waals surface area contributed by atoms with Crippen LogP contribution in [0.15, 0.2) is 24.3 Å². The van der Waals surface area contributed by atoms with Crippen molar-refractivity contribution in [3.05, 3.63) is 30.0 Å². The molecule has 0 radical (unpaired) electrons. The molecule has 0 amide bonds. The fourth-order valence-corrected chi connectivity index (χ4v) is 3.12. The molecular weight excluding hydrogens is 248 g/mol. The largest absolute Gasteiger partial charge is 0.494 e. The van der Waals surface area contributed by atoms with E-state index < -0.39 is 0 Å². The molecule has 1 heterocycles. The first kappa shape index (κ1) is 13.2. The molecule has 0 atom stereocenters. The SMILES string of the molecule is CCOc1ccc2nc(C3CCCC3)cc(NC)c2c1. The maximum Gasteiger partial charge on any atom is 0.120 e. The van der Waals surface area contributed by atoms with E-state index in [0.717, 1.165) is 22.3 Å². The summed E-state index contributed by atoms with van der Waals surface area (Å²) in [5, 5.41) is 4.45. The van der Waals surface area contributed by atoms with Crippen molar-refractivity contribution in [3.63, 3.8) is 0 Å². The van der Waals surface area contributed by atoms with Crippen LogP contribution in [0.1, 0.15) is 44.2 Å². The van der Waals surface area contributed by atoms with E-state index in [-0.39, 0.29) is 0 Å². The van der Waals surface area contributed by atoms with Crippen molar-refractivity contribution in [1.29, 1.82) is 0 Å². The third kappa shape index (κ3) is 2.45. The molecule has 0 unspecified atom stereocenters. The highest BCUT2D eigenvalue weighted by atomic mass is 16.5. The third-order valence-corrected chi connectivity index (χ3v) is 4.15. The number of fused-ring (bicyclic) bond motifs is 1. The average Bonchev–Trinajstić information content (AvgIpc) is 3.00. The Morgan fingerprint density at radius 2 is 2.05 bits per heavy atom. The molecule has 1 aliphatic carbocycles. The highest BCUT2D eigenvalue weighted by Gasteiger charge is 2.19. The Balaban J connectivity index is 2.06. The van der Waals surface area contributed by atoms with Gasteiger partial charge >= 0.3 is 0 Å². The highest BCUT2D eigenvalue weighted by molar-refractivity contribution is 5.92. The van der Waals surface area contributed by atoms with Crippen molar-refractivity contribution in [2.45, 2.75) is 38.5 Å². The maximum absolute atomic E-state index is 5.59. The Hall–Kier alpha value is -1.77. The molecule has 3 heteroatoms. The average molecular weight is 270 g/mol. The van der Waals surface area contributed by atoms with Gasteiger partial charge in [0.15, 0.2) is 0 Å². The molecule has 0 bridgehead atoms. The lowest BCUT2D eigenvalue weighted by Gasteiger charge is -2.14. The smallest absolute Gasteiger partial charge is 0.120 e. The van der Waals surface area contributed by atoms with Crippen molar-refractivity contribution in [2.75, 3.05) is 19.0 Å². The zero-order valence-electron chi connectivity index (χ0n) is 12.3. The van der Waals surface area contributed by atoms with Crippen LogP contribution in [0.3, 0.4) is 0 Å². The molecule has 1 aromatic heterocycles. The number of hydrogen-bond acceptors (Lipinski definition) is 3. The topological polar surface area (TPSA) is 34.1 Å². The molecular formula is C17H22N2O. The van der Waals surface area contributed by atoms with Crippen molar-refractivity contribution in [3.8, 4) is 5.75 Å². The molecule has 1 aliphatic rings. The number of rotatable bonds is 4. The van der Waals surface area contributed by atoms with Crippen LogP contribution in [0.5, 0.6) is 5.75 Å². The van der Waals surface area contributed by atoms with Gasteiger partial charge in [-0.1, -0.05) is 12.8 Å². The molecule has 1 fully saturated rings. The second-order valence-corrected chi connectivity index (χ2v) is 5.44. The molecule has 2 aromatic rings. The zero-order chi connectivity index (χ0) is 13.9. The minimum Gasteiger partial charge on any atom is -0.494 e. The predicted octanol–water partition coefficient (Wildman–Crippen LogP) is 4.33. The van der Waals surface area contributed by atoms with Crippen molar-refractivity contribution < 1.29 is 4.74 Å². The summed E-state index contributed by atoms with van der Waals surface area (Å²) < 4.78 is 5.59. The monoisotopic (exact) mass is 270 g/mol. The fraction of sp³-hybridized carbons (Fsp3) is 0.471. The maximum atomic E-state index is 5.59. The molecule has 3 rings (SSSR count). The summed E-state index contributed by atoms with van der Waals surface area (Å²) in [6.45, 7) is 2.69. The van der Waals surface area contributed by atoms with E-state index in [4.69, 9.17) is 9.72 Å². The Morgan fingerprint density at radius 1 is 1.25 bits per heavy atom. The first-order valence-electron chi connectivity index (χ1n) is 7.57. The van der Waals surface area contributed by atoms with E-state index in [2.05, 4.69) is 23.5 Å². The number of hydrogen-bond donors (Lipinski definition) is 1. The van der Waals surface area contributed by atoms with Gasteiger partial charge in [0.2, 0.25) is 0 Å². The Morgan fingerprint density at radius 3 is 2.75 bits per heavy atom. The van der Waals surface area contributed by atoms with Gasteiger partial charge in [-0.3, -0.25) is 4.98 Å². The molecule has 1 saturated carbocycles. The summed E-state index contributed by atoms with van der Waals surface area (Å²) in [4.78, 5) is 4.87. The second-order valence-electron chi connectivity index (χ2n) is 5.44. The first-order chi connectivity index (χ1) is 9.81. The lowest BCUT2D eigenvalue weighted by molar-refractivity contribution is 0.340. The quantitative estimate of drug-likeness (QED) is 0.897. The van der Waals surface area contributed by atoms with Gasteiger partial charge in [0.1, 0.15) is 5.75 Å². The van der Waals surface area contributed by atoms with Gasteiger partial charge in [-0.25, -0.2) is 0 Å². The summed E-state index contributed by atoms with van der Waals surface area (Å²) in [5.41, 5.74) is 3.45. The fourth-order valence-electron chi connectivity index (χ4n) is 3.12. The van der Waals surface area contributed by atoms with Crippen LogP contribution in [0, 0.1) is 0 Å². The molecule has 0 saturated heterocycles. The number of aromatic nitrogens is 1. The van der Waals surface area contributed by atoms with Crippen LogP contribution in [0.25, 0.3) is 10.9 Å². The van der Waals surface area contributed by atoms with E-state index in [1.54, 1.807) is 0 Å². The van der Waals surface area contributed by atoms with Gasteiger partial charge in [0.25, 0.3) is 0 Å². The van der Waals surface area contributed by atoms with E-state index in [0.29, 0.717) is 12.5 Å². The summed E-state index contributed by atoms with van der Waals surface area (Å²) >= 11 is 0. The van der Waals surface area contributed by atoms with Gasteiger partial charge < -0.3 is 10.1 Å². The molecule has 0 spiro atoms. The van der Waals surface area contributed by atoms with Crippen LogP contribution in [0.2, 0.25) is 0 Å². The number of ether oxygens (including phenoxy) is 1. The minimum absolute atomic E-state index is 0.637. The Bertz CT molecular complexity index is 603. The summed E-state index contributed by atoms with van der Waals surface area (Å²) in [5.74, 6) is 1.55. The Kier molecular flexibility index (Phi) is 3.77. The number of pyridine rings is 1. The van der Waals surface area contributed by atoms with E-state index in [1.807, 2.05) is 20.0 Å². The molecule has 1 aromatic carbocycles. The molecule has 0 aliphatic heterocycles.